The van der Waals surface area contributed by atoms with E-state index in [4.69, 9.17) is 0 Å². The monoisotopic (exact) mass is 390 g/mol. The Morgan fingerprint density at radius 2 is 2.04 bits per heavy atom. The van der Waals surface area contributed by atoms with Crippen molar-refractivity contribution >= 4 is 33.0 Å². The van der Waals surface area contributed by atoms with Crippen LogP contribution in [0.3, 0.4) is 0 Å². The van der Waals surface area contributed by atoms with E-state index in [2.05, 4.69) is 4.72 Å². The van der Waals surface area contributed by atoms with Gasteiger partial charge in [-0.05, 0) is 37.2 Å². The van der Waals surface area contributed by atoms with Gasteiger partial charge >= 0.3 is 6.18 Å². The highest BCUT2D eigenvalue weighted by molar-refractivity contribution is 7.89. The summed E-state index contributed by atoms with van der Waals surface area (Å²) in [6, 6.07) is 4.95. The van der Waals surface area contributed by atoms with Crippen molar-refractivity contribution in [1.29, 1.82) is 0 Å². The zero-order valence-electron chi connectivity index (χ0n) is 12.9. The maximum Gasteiger partial charge on any atom is 0.416 e. The van der Waals surface area contributed by atoms with E-state index in [0.29, 0.717) is 0 Å². The van der Waals surface area contributed by atoms with Gasteiger partial charge < -0.3 is 4.90 Å². The van der Waals surface area contributed by atoms with Crippen LogP contribution in [0, 0.1) is 0 Å². The number of nitrogens with one attached hydrogen (secondary N) is 1. The molecule has 25 heavy (non-hydrogen) atoms. The van der Waals surface area contributed by atoms with Crippen molar-refractivity contribution in [2.75, 3.05) is 18.5 Å². The zero-order chi connectivity index (χ0) is 18.4. The predicted octanol–water partition coefficient (Wildman–Crippen LogP) is 2.88. The summed E-state index contributed by atoms with van der Waals surface area (Å²) in [7, 11) is -2.43. The largest absolute Gasteiger partial charge is 0.416 e. The molecule has 0 unspecified atom stereocenters. The molecule has 3 rings (SSSR count). The smallest absolute Gasteiger partial charge is 0.307 e. The van der Waals surface area contributed by atoms with E-state index >= 15 is 0 Å². The lowest BCUT2D eigenvalue weighted by molar-refractivity contribution is -0.138. The van der Waals surface area contributed by atoms with Crippen LogP contribution in [0.2, 0.25) is 0 Å². The summed E-state index contributed by atoms with van der Waals surface area (Å²) in [4.78, 5) is 14.0. The molecule has 0 saturated carbocycles. The number of carbonyl (C=O) groups is 1. The normalized spacial score (nSPS) is 14.6. The third kappa shape index (κ3) is 3.16. The van der Waals surface area contributed by atoms with Gasteiger partial charge in [0.1, 0.15) is 0 Å². The van der Waals surface area contributed by atoms with Gasteiger partial charge in [0.05, 0.1) is 15.3 Å². The number of rotatable bonds is 3. The first kappa shape index (κ1) is 17.9. The fourth-order valence-electron chi connectivity index (χ4n) is 2.73. The first-order chi connectivity index (χ1) is 11.6. The first-order valence-corrected chi connectivity index (χ1v) is 9.54. The van der Waals surface area contributed by atoms with Crippen LogP contribution >= 0.6 is 11.3 Å². The molecule has 0 fully saturated rings. The van der Waals surface area contributed by atoms with Gasteiger partial charge in [-0.25, -0.2) is 13.1 Å². The third-order valence-corrected chi connectivity index (χ3v) is 6.40. The summed E-state index contributed by atoms with van der Waals surface area (Å²) < 4.78 is 64.9. The molecule has 0 atom stereocenters. The number of fused-ring (bicyclic) bond motifs is 1. The van der Waals surface area contributed by atoms with Gasteiger partial charge in [-0.2, -0.15) is 13.2 Å². The first-order valence-electron chi connectivity index (χ1n) is 7.18. The molecule has 0 saturated heterocycles. The summed E-state index contributed by atoms with van der Waals surface area (Å²) in [5.74, 6) is -0.513. The second kappa shape index (κ2) is 6.11. The Balaban J connectivity index is 1.95. The van der Waals surface area contributed by atoms with Crippen LogP contribution in [0.25, 0.3) is 0 Å². The fraction of sp³-hybridized carbons (Fsp3) is 0.267. The van der Waals surface area contributed by atoms with Crippen molar-refractivity contribution in [2.45, 2.75) is 17.5 Å². The van der Waals surface area contributed by atoms with Gasteiger partial charge in [0.25, 0.3) is 5.91 Å². The van der Waals surface area contributed by atoms with Gasteiger partial charge in [0.15, 0.2) is 0 Å². The number of hydrogen-bond donors (Lipinski definition) is 1. The van der Waals surface area contributed by atoms with Gasteiger partial charge in [0, 0.05) is 17.6 Å². The molecule has 1 aromatic heterocycles. The van der Waals surface area contributed by atoms with E-state index < -0.39 is 27.7 Å². The Kier molecular flexibility index (Phi) is 4.38. The fourth-order valence-corrected chi connectivity index (χ4v) is 4.69. The quantitative estimate of drug-likeness (QED) is 0.877. The van der Waals surface area contributed by atoms with Gasteiger partial charge in [-0.3, -0.25) is 4.79 Å². The maximum atomic E-state index is 13.1. The molecule has 0 aliphatic carbocycles. The van der Waals surface area contributed by atoms with Crippen LogP contribution in [0.4, 0.5) is 18.9 Å². The van der Waals surface area contributed by atoms with Crippen molar-refractivity contribution in [3.8, 4) is 0 Å². The number of thiophene rings is 1. The minimum absolute atomic E-state index is 0.0492. The minimum atomic E-state index is -4.48. The Labute approximate surface area is 146 Å². The number of benzene rings is 1. The van der Waals surface area contributed by atoms with Crippen LogP contribution < -0.4 is 9.62 Å². The van der Waals surface area contributed by atoms with Gasteiger partial charge in [0.2, 0.25) is 10.0 Å². The lowest BCUT2D eigenvalue weighted by Gasteiger charge is -2.17. The number of amides is 1. The molecule has 5 nitrogen and oxygen atoms in total. The Morgan fingerprint density at radius 1 is 1.32 bits per heavy atom. The van der Waals surface area contributed by atoms with Crippen molar-refractivity contribution in [1.82, 2.24) is 4.72 Å². The standard InChI is InChI=1S/C15H13F3N2O3S2/c1-19-25(22,23)9-7-13(24-8-9)14(21)20-6-5-10-11(15(16,17)18)3-2-4-12(10)20/h2-4,7-8,19H,5-6H2,1H3. The molecule has 1 aromatic carbocycles. The molecule has 10 heteroatoms. The average molecular weight is 390 g/mol. The second-order valence-corrected chi connectivity index (χ2v) is 8.16. The zero-order valence-corrected chi connectivity index (χ0v) is 14.6. The number of anilines is 1. The summed E-state index contributed by atoms with van der Waals surface area (Å²) in [6.07, 6.45) is -4.38. The van der Waals surface area contributed by atoms with Crippen LogP contribution in [0.5, 0.6) is 0 Å². The molecular weight excluding hydrogens is 377 g/mol. The van der Waals surface area contributed by atoms with E-state index in [-0.39, 0.29) is 34.0 Å². The van der Waals surface area contributed by atoms with E-state index in [1.54, 1.807) is 0 Å². The summed E-state index contributed by atoms with van der Waals surface area (Å²) >= 11 is 0.939. The summed E-state index contributed by atoms with van der Waals surface area (Å²) in [5.41, 5.74) is -0.445. The molecule has 134 valence electrons. The van der Waals surface area contributed by atoms with E-state index in [9.17, 15) is 26.4 Å². The maximum absolute atomic E-state index is 13.1. The molecule has 0 spiro atoms. The Bertz CT molecular complexity index is 936. The second-order valence-electron chi connectivity index (χ2n) is 5.36. The van der Waals surface area contributed by atoms with E-state index in [1.165, 1.54) is 35.5 Å². The van der Waals surface area contributed by atoms with Crippen molar-refractivity contribution in [3.63, 3.8) is 0 Å². The average Bonchev–Trinajstić information content (AvgIpc) is 3.20. The van der Waals surface area contributed by atoms with Crippen LogP contribution in [-0.4, -0.2) is 27.9 Å². The molecule has 0 radical (unpaired) electrons. The van der Waals surface area contributed by atoms with Gasteiger partial charge in [-0.15, -0.1) is 11.3 Å². The highest BCUT2D eigenvalue weighted by Gasteiger charge is 2.38. The molecule has 2 heterocycles. The lowest BCUT2D eigenvalue weighted by Crippen LogP contribution is -2.28. The van der Waals surface area contributed by atoms with Crippen LogP contribution in [0.15, 0.2) is 34.5 Å². The predicted molar refractivity (Wildman–Crippen MR) is 87.4 cm³/mol. The summed E-state index contributed by atoms with van der Waals surface area (Å²) in [6.45, 7) is 0.118. The molecule has 1 aliphatic rings. The van der Waals surface area contributed by atoms with Gasteiger partial charge in [-0.1, -0.05) is 6.07 Å². The highest BCUT2D eigenvalue weighted by atomic mass is 32.2. The minimum Gasteiger partial charge on any atom is -0.307 e. The SMILES string of the molecule is CNS(=O)(=O)c1csc(C(=O)N2CCc3c2cccc3C(F)(F)F)c1. The van der Waals surface area contributed by atoms with Crippen molar-refractivity contribution in [2.24, 2.45) is 0 Å². The molecule has 1 aliphatic heterocycles. The van der Waals surface area contributed by atoms with Crippen LogP contribution in [-0.2, 0) is 22.6 Å². The number of nitrogens with zero attached hydrogens (tertiary/aromatic N) is 1. The molecule has 1 amide bonds. The Morgan fingerprint density at radius 3 is 2.68 bits per heavy atom. The van der Waals surface area contributed by atoms with Crippen molar-refractivity contribution in [3.05, 3.63) is 45.6 Å². The number of alkyl halides is 3. The number of hydrogen-bond acceptors (Lipinski definition) is 4. The van der Waals surface area contributed by atoms with Crippen LogP contribution in [0.1, 0.15) is 20.8 Å². The highest BCUT2D eigenvalue weighted by Crippen LogP contribution is 2.40. The topological polar surface area (TPSA) is 66.5 Å². The third-order valence-electron chi connectivity index (χ3n) is 3.94. The number of carbonyl (C=O) groups excluding carboxylic acids is 1. The molecular formula is C15H13F3N2O3S2. The number of sulfonamides is 1. The van der Waals surface area contributed by atoms with E-state index in [1.807, 2.05) is 0 Å². The van der Waals surface area contributed by atoms with Crippen molar-refractivity contribution < 1.29 is 26.4 Å². The van der Waals surface area contributed by atoms with E-state index in [0.717, 1.165) is 17.4 Å². The molecule has 0 bridgehead atoms. The summed E-state index contributed by atoms with van der Waals surface area (Å²) in [5, 5.41) is 1.32. The number of halogens is 3. The molecule has 1 N–H and O–H groups in total. The Hall–Kier alpha value is -1.91. The lowest BCUT2D eigenvalue weighted by atomic mass is 10.0. The molecule has 2 aromatic rings.